The Balaban J connectivity index is 2.25. The van der Waals surface area contributed by atoms with Crippen LogP contribution < -0.4 is 0 Å². The van der Waals surface area contributed by atoms with Crippen LogP contribution in [0, 0.1) is 0 Å². The summed E-state index contributed by atoms with van der Waals surface area (Å²) in [5, 5.41) is 9.28. The topological polar surface area (TPSA) is 55.2 Å². The van der Waals surface area contributed by atoms with E-state index in [4.69, 9.17) is 4.74 Å². The van der Waals surface area contributed by atoms with Crippen molar-refractivity contribution in [3.8, 4) is 0 Å². The van der Waals surface area contributed by atoms with Crippen molar-refractivity contribution in [1.29, 1.82) is 0 Å². The standard InChI is InChI=1S/C8H8N2O2/c11-8-6(2-5-12-8)7-9-3-1-4-10-7/h1-6,8,11H. The fraction of sp³-hybridized carbons (Fsp3) is 0.250. The highest BCUT2D eigenvalue weighted by Crippen LogP contribution is 2.23. The number of aromatic nitrogens is 2. The van der Waals surface area contributed by atoms with E-state index < -0.39 is 6.29 Å². The van der Waals surface area contributed by atoms with Gasteiger partial charge < -0.3 is 9.84 Å². The van der Waals surface area contributed by atoms with E-state index in [1.165, 1.54) is 6.26 Å². The van der Waals surface area contributed by atoms with Crippen LogP contribution in [0.2, 0.25) is 0 Å². The summed E-state index contributed by atoms with van der Waals surface area (Å²) in [4.78, 5) is 8.02. The number of aliphatic hydroxyl groups excluding tert-OH is 1. The molecule has 0 aromatic carbocycles. The highest BCUT2D eigenvalue weighted by atomic mass is 16.6. The molecule has 0 bridgehead atoms. The highest BCUT2D eigenvalue weighted by Gasteiger charge is 2.25. The molecule has 1 aromatic heterocycles. The van der Waals surface area contributed by atoms with Crippen LogP contribution in [0.5, 0.6) is 0 Å². The quantitative estimate of drug-likeness (QED) is 0.653. The van der Waals surface area contributed by atoms with Crippen LogP contribution >= 0.6 is 0 Å². The van der Waals surface area contributed by atoms with Gasteiger partial charge in [-0.3, -0.25) is 0 Å². The zero-order valence-electron chi connectivity index (χ0n) is 6.29. The lowest BCUT2D eigenvalue weighted by Gasteiger charge is -2.10. The fourth-order valence-electron chi connectivity index (χ4n) is 1.09. The van der Waals surface area contributed by atoms with Crippen molar-refractivity contribution in [1.82, 2.24) is 9.97 Å². The lowest BCUT2D eigenvalue weighted by atomic mass is 10.1. The maximum absolute atomic E-state index is 9.28. The average molecular weight is 164 g/mol. The Labute approximate surface area is 69.5 Å². The van der Waals surface area contributed by atoms with Crippen LogP contribution in [0.25, 0.3) is 0 Å². The molecule has 2 unspecified atom stereocenters. The van der Waals surface area contributed by atoms with Crippen molar-refractivity contribution in [2.24, 2.45) is 0 Å². The van der Waals surface area contributed by atoms with E-state index in [1.807, 2.05) is 0 Å². The maximum Gasteiger partial charge on any atom is 0.210 e. The fourth-order valence-corrected chi connectivity index (χ4v) is 1.09. The SMILES string of the molecule is OC1OC=CC1c1ncccn1. The minimum Gasteiger partial charge on any atom is -0.472 e. The van der Waals surface area contributed by atoms with E-state index in [0.29, 0.717) is 5.82 Å². The van der Waals surface area contributed by atoms with Crippen molar-refractivity contribution in [3.05, 3.63) is 36.6 Å². The first-order valence-corrected chi connectivity index (χ1v) is 3.65. The molecule has 0 fully saturated rings. The van der Waals surface area contributed by atoms with Gasteiger partial charge >= 0.3 is 0 Å². The predicted molar refractivity (Wildman–Crippen MR) is 41.0 cm³/mol. The summed E-state index contributed by atoms with van der Waals surface area (Å²) in [6.07, 6.45) is 5.64. The van der Waals surface area contributed by atoms with Gasteiger partial charge in [0.25, 0.3) is 0 Å². The molecule has 1 aromatic rings. The summed E-state index contributed by atoms with van der Waals surface area (Å²) in [7, 11) is 0. The molecule has 4 heteroatoms. The zero-order chi connectivity index (χ0) is 8.39. The first-order valence-electron chi connectivity index (χ1n) is 3.65. The number of hydrogen-bond donors (Lipinski definition) is 1. The highest BCUT2D eigenvalue weighted by molar-refractivity contribution is 5.10. The summed E-state index contributed by atoms with van der Waals surface area (Å²) in [5.74, 6) is 0.352. The molecular weight excluding hydrogens is 156 g/mol. The summed E-state index contributed by atoms with van der Waals surface area (Å²) in [6, 6.07) is 1.73. The van der Waals surface area contributed by atoms with E-state index in [1.54, 1.807) is 24.5 Å². The van der Waals surface area contributed by atoms with Gasteiger partial charge in [0.2, 0.25) is 6.29 Å². The Morgan fingerprint density at radius 3 is 2.67 bits per heavy atom. The molecule has 0 aliphatic carbocycles. The van der Waals surface area contributed by atoms with Crippen LogP contribution in [-0.4, -0.2) is 21.4 Å². The third-order valence-electron chi connectivity index (χ3n) is 1.69. The van der Waals surface area contributed by atoms with Crippen molar-refractivity contribution < 1.29 is 9.84 Å². The second kappa shape index (κ2) is 2.91. The Morgan fingerprint density at radius 1 is 1.33 bits per heavy atom. The van der Waals surface area contributed by atoms with Crippen LogP contribution in [0.3, 0.4) is 0 Å². The van der Waals surface area contributed by atoms with Crippen LogP contribution in [0.15, 0.2) is 30.8 Å². The van der Waals surface area contributed by atoms with E-state index in [9.17, 15) is 5.11 Å². The van der Waals surface area contributed by atoms with Crippen LogP contribution in [-0.2, 0) is 4.74 Å². The minimum atomic E-state index is -0.840. The number of ether oxygens (including phenoxy) is 1. The molecule has 2 rings (SSSR count). The third-order valence-corrected chi connectivity index (χ3v) is 1.69. The summed E-state index contributed by atoms with van der Waals surface area (Å²) < 4.78 is 4.81. The number of hydrogen-bond acceptors (Lipinski definition) is 4. The van der Waals surface area contributed by atoms with Crippen LogP contribution in [0.4, 0.5) is 0 Å². The van der Waals surface area contributed by atoms with Crippen molar-refractivity contribution >= 4 is 0 Å². The van der Waals surface area contributed by atoms with Crippen molar-refractivity contribution in [3.63, 3.8) is 0 Å². The lowest BCUT2D eigenvalue weighted by molar-refractivity contribution is -0.0453. The van der Waals surface area contributed by atoms with Gasteiger partial charge in [-0.05, 0) is 12.1 Å². The Morgan fingerprint density at radius 2 is 2.08 bits per heavy atom. The van der Waals surface area contributed by atoms with Crippen molar-refractivity contribution in [2.75, 3.05) is 0 Å². The molecule has 0 saturated carbocycles. The normalized spacial score (nSPS) is 27.1. The minimum absolute atomic E-state index is 0.230. The van der Waals surface area contributed by atoms with E-state index in [2.05, 4.69) is 9.97 Å². The van der Waals surface area contributed by atoms with Gasteiger partial charge in [0, 0.05) is 12.4 Å². The summed E-state index contributed by atoms with van der Waals surface area (Å²) in [6.45, 7) is 0. The molecule has 0 amide bonds. The maximum atomic E-state index is 9.28. The molecular formula is C8H8N2O2. The van der Waals surface area contributed by atoms with Gasteiger partial charge in [0.1, 0.15) is 11.7 Å². The van der Waals surface area contributed by atoms with Gasteiger partial charge in [0.15, 0.2) is 0 Å². The third kappa shape index (κ3) is 1.16. The summed E-state index contributed by atoms with van der Waals surface area (Å²) in [5.41, 5.74) is 0. The zero-order valence-corrected chi connectivity index (χ0v) is 6.29. The average Bonchev–Trinajstić information content (AvgIpc) is 2.53. The van der Waals surface area contributed by atoms with E-state index in [0.717, 1.165) is 0 Å². The van der Waals surface area contributed by atoms with Gasteiger partial charge in [-0.2, -0.15) is 0 Å². The monoisotopic (exact) mass is 164 g/mol. The smallest absolute Gasteiger partial charge is 0.210 e. The molecule has 0 radical (unpaired) electrons. The van der Waals surface area contributed by atoms with Gasteiger partial charge in [-0.15, -0.1) is 0 Å². The molecule has 1 N–H and O–H groups in total. The molecule has 62 valence electrons. The van der Waals surface area contributed by atoms with Crippen LogP contribution in [0.1, 0.15) is 11.7 Å². The van der Waals surface area contributed by atoms with Gasteiger partial charge in [0.05, 0.1) is 6.26 Å². The van der Waals surface area contributed by atoms with E-state index >= 15 is 0 Å². The number of aliphatic hydroxyl groups is 1. The van der Waals surface area contributed by atoms with Crippen molar-refractivity contribution in [2.45, 2.75) is 12.2 Å². The van der Waals surface area contributed by atoms with Gasteiger partial charge in [-0.25, -0.2) is 9.97 Å². The second-order valence-corrected chi connectivity index (χ2v) is 2.49. The molecule has 12 heavy (non-hydrogen) atoms. The van der Waals surface area contributed by atoms with E-state index in [-0.39, 0.29) is 5.92 Å². The first kappa shape index (κ1) is 7.24. The van der Waals surface area contributed by atoms with Gasteiger partial charge in [-0.1, -0.05) is 0 Å². The predicted octanol–water partition coefficient (Wildman–Crippen LogP) is 0.422. The molecule has 1 aliphatic rings. The molecule has 2 atom stereocenters. The largest absolute Gasteiger partial charge is 0.472 e. The molecule has 2 heterocycles. The number of rotatable bonds is 1. The summed E-state index contributed by atoms with van der Waals surface area (Å²) >= 11 is 0. The number of nitrogens with zero attached hydrogens (tertiary/aromatic N) is 2. The first-order chi connectivity index (χ1) is 5.88. The Kier molecular flexibility index (Phi) is 1.75. The second-order valence-electron chi connectivity index (χ2n) is 2.49. The molecule has 0 spiro atoms. The molecule has 0 saturated heterocycles. The molecule has 1 aliphatic heterocycles. The molecule has 4 nitrogen and oxygen atoms in total. The lowest BCUT2D eigenvalue weighted by Crippen LogP contribution is -2.15. The Bertz CT molecular complexity index is 286. The Hall–Kier alpha value is -1.42.